The van der Waals surface area contributed by atoms with Crippen molar-refractivity contribution in [3.8, 4) is 0 Å². The number of carbonyl (C=O) groups excluding carboxylic acids is 1. The first-order valence-electron chi connectivity index (χ1n) is 6.54. The second-order valence-electron chi connectivity index (χ2n) is 4.65. The third-order valence-electron chi connectivity index (χ3n) is 3.21. The van der Waals surface area contributed by atoms with E-state index in [-0.39, 0.29) is 11.9 Å². The van der Waals surface area contributed by atoms with E-state index in [1.165, 1.54) is 0 Å². The van der Waals surface area contributed by atoms with Gasteiger partial charge in [0, 0.05) is 19.5 Å². The van der Waals surface area contributed by atoms with Gasteiger partial charge in [0.2, 0.25) is 11.8 Å². The van der Waals surface area contributed by atoms with Crippen LogP contribution < -0.4 is 5.32 Å². The molecular weight excluding hydrogens is 232 g/mol. The maximum atomic E-state index is 11.3. The minimum Gasteiger partial charge on any atom is -0.354 e. The topological polar surface area (TPSA) is 71.3 Å². The van der Waals surface area contributed by atoms with Crippen LogP contribution in [0.4, 0.5) is 0 Å². The van der Waals surface area contributed by atoms with Gasteiger partial charge >= 0.3 is 0 Å². The largest absolute Gasteiger partial charge is 0.354 e. The third-order valence-corrected chi connectivity index (χ3v) is 3.21. The van der Waals surface area contributed by atoms with Crippen LogP contribution >= 0.6 is 0 Å². The van der Waals surface area contributed by atoms with Gasteiger partial charge in [0.1, 0.15) is 0 Å². The van der Waals surface area contributed by atoms with Crippen LogP contribution in [0.2, 0.25) is 0 Å². The molecule has 0 aromatic carbocycles. The number of aryl methyl sites for hydroxylation is 1. The first-order valence-corrected chi connectivity index (χ1v) is 6.54. The summed E-state index contributed by atoms with van der Waals surface area (Å²) in [7, 11) is 0. The van der Waals surface area contributed by atoms with E-state index in [9.17, 15) is 4.79 Å². The van der Waals surface area contributed by atoms with E-state index in [2.05, 4.69) is 27.3 Å². The average molecular weight is 252 g/mol. The molecule has 1 unspecified atom stereocenters. The highest BCUT2D eigenvalue weighted by Gasteiger charge is 2.25. The summed E-state index contributed by atoms with van der Waals surface area (Å²) in [6.45, 7) is 6.03. The van der Waals surface area contributed by atoms with Crippen molar-refractivity contribution in [2.45, 2.75) is 39.2 Å². The summed E-state index contributed by atoms with van der Waals surface area (Å²) in [5.74, 6) is 1.43. The van der Waals surface area contributed by atoms with Gasteiger partial charge in [-0.05, 0) is 13.3 Å². The fraction of sp³-hybridized carbons (Fsp3) is 0.750. The number of unbranched alkanes of at least 4 members (excludes halogenated alkanes) is 1. The van der Waals surface area contributed by atoms with Gasteiger partial charge < -0.3 is 9.84 Å². The predicted molar refractivity (Wildman–Crippen MR) is 65.9 cm³/mol. The zero-order valence-corrected chi connectivity index (χ0v) is 11.0. The molecule has 6 heteroatoms. The van der Waals surface area contributed by atoms with Crippen LogP contribution in [0, 0.1) is 0 Å². The molecule has 18 heavy (non-hydrogen) atoms. The summed E-state index contributed by atoms with van der Waals surface area (Å²) in [5, 5.41) is 6.78. The number of carbonyl (C=O) groups is 1. The Morgan fingerprint density at radius 1 is 1.56 bits per heavy atom. The number of hydrogen-bond donors (Lipinski definition) is 1. The van der Waals surface area contributed by atoms with Gasteiger partial charge in [-0.25, -0.2) is 0 Å². The molecule has 1 fully saturated rings. The van der Waals surface area contributed by atoms with E-state index in [4.69, 9.17) is 4.52 Å². The molecule has 1 aromatic rings. The molecule has 1 aliphatic rings. The third kappa shape index (κ3) is 3.07. The predicted octanol–water partition coefficient (Wildman–Crippen LogP) is 0.905. The number of hydrogen-bond acceptors (Lipinski definition) is 5. The summed E-state index contributed by atoms with van der Waals surface area (Å²) in [4.78, 5) is 17.8. The number of nitrogens with one attached hydrogen (secondary N) is 1. The first kappa shape index (κ1) is 13.0. The molecule has 2 heterocycles. The summed E-state index contributed by atoms with van der Waals surface area (Å²) >= 11 is 0. The Bertz CT molecular complexity index is 405. The Hall–Kier alpha value is -1.43. The summed E-state index contributed by atoms with van der Waals surface area (Å²) in [5.41, 5.74) is 0. The quantitative estimate of drug-likeness (QED) is 0.843. The van der Waals surface area contributed by atoms with E-state index in [1.807, 2.05) is 6.92 Å². The van der Waals surface area contributed by atoms with Crippen LogP contribution in [-0.2, 0) is 11.2 Å². The van der Waals surface area contributed by atoms with Crippen LogP contribution in [0.15, 0.2) is 4.52 Å². The second-order valence-corrected chi connectivity index (χ2v) is 4.65. The summed E-state index contributed by atoms with van der Waals surface area (Å²) in [6.07, 6.45) is 3.04. The van der Waals surface area contributed by atoms with Crippen molar-refractivity contribution in [1.29, 1.82) is 0 Å². The van der Waals surface area contributed by atoms with Crippen molar-refractivity contribution < 1.29 is 9.32 Å². The summed E-state index contributed by atoms with van der Waals surface area (Å²) in [6, 6.07) is -0.000994. The molecule has 1 saturated heterocycles. The normalized spacial score (nSPS) is 18.7. The van der Waals surface area contributed by atoms with Gasteiger partial charge in [-0.3, -0.25) is 9.69 Å². The van der Waals surface area contributed by atoms with Gasteiger partial charge in [-0.1, -0.05) is 18.5 Å². The standard InChI is InChI=1S/C12H20N4O2/c1-3-4-5-10-14-12(18-15-10)9(2)16-7-6-13-11(17)8-16/h9H,3-8H2,1-2H3,(H,13,17). The second kappa shape index (κ2) is 5.95. The lowest BCUT2D eigenvalue weighted by atomic mass is 10.2. The van der Waals surface area contributed by atoms with Crippen molar-refractivity contribution in [3.63, 3.8) is 0 Å². The van der Waals surface area contributed by atoms with Gasteiger partial charge in [-0.15, -0.1) is 0 Å². The van der Waals surface area contributed by atoms with Crippen molar-refractivity contribution in [3.05, 3.63) is 11.7 Å². The van der Waals surface area contributed by atoms with Crippen LogP contribution in [0.3, 0.4) is 0 Å². The van der Waals surface area contributed by atoms with E-state index in [1.54, 1.807) is 0 Å². The number of rotatable bonds is 5. The Kier molecular flexibility index (Phi) is 4.30. The molecule has 1 N–H and O–H groups in total. The van der Waals surface area contributed by atoms with Crippen LogP contribution in [-0.4, -0.2) is 40.6 Å². The van der Waals surface area contributed by atoms with Crippen LogP contribution in [0.25, 0.3) is 0 Å². The van der Waals surface area contributed by atoms with E-state index < -0.39 is 0 Å². The van der Waals surface area contributed by atoms with Crippen molar-refractivity contribution in [2.75, 3.05) is 19.6 Å². The Balaban J connectivity index is 1.97. The Labute approximate surface area is 107 Å². The summed E-state index contributed by atoms with van der Waals surface area (Å²) < 4.78 is 5.28. The lowest BCUT2D eigenvalue weighted by molar-refractivity contribution is -0.125. The number of aromatic nitrogens is 2. The van der Waals surface area contributed by atoms with E-state index in [0.717, 1.165) is 31.6 Å². The number of amides is 1. The molecule has 0 aliphatic carbocycles. The number of piperazine rings is 1. The zero-order valence-electron chi connectivity index (χ0n) is 11.0. The first-order chi connectivity index (χ1) is 8.70. The monoisotopic (exact) mass is 252 g/mol. The van der Waals surface area contributed by atoms with Crippen molar-refractivity contribution >= 4 is 5.91 Å². The van der Waals surface area contributed by atoms with Gasteiger partial charge in [0.25, 0.3) is 0 Å². The van der Waals surface area contributed by atoms with Crippen molar-refractivity contribution in [2.24, 2.45) is 0 Å². The SMILES string of the molecule is CCCCc1noc(C(C)N2CCNC(=O)C2)n1. The molecule has 0 spiro atoms. The zero-order chi connectivity index (χ0) is 13.0. The lowest BCUT2D eigenvalue weighted by Crippen LogP contribution is -2.48. The van der Waals surface area contributed by atoms with Gasteiger partial charge in [0.15, 0.2) is 5.82 Å². The molecule has 100 valence electrons. The smallest absolute Gasteiger partial charge is 0.243 e. The highest BCUT2D eigenvalue weighted by Crippen LogP contribution is 2.19. The maximum absolute atomic E-state index is 11.3. The Morgan fingerprint density at radius 2 is 2.39 bits per heavy atom. The molecule has 0 saturated carbocycles. The minimum absolute atomic E-state index is 0.000994. The molecule has 0 bridgehead atoms. The minimum atomic E-state index is -0.000994. The fourth-order valence-electron chi connectivity index (χ4n) is 2.02. The maximum Gasteiger partial charge on any atom is 0.243 e. The van der Waals surface area contributed by atoms with Crippen LogP contribution in [0.5, 0.6) is 0 Å². The van der Waals surface area contributed by atoms with E-state index >= 15 is 0 Å². The van der Waals surface area contributed by atoms with Crippen molar-refractivity contribution in [1.82, 2.24) is 20.4 Å². The molecule has 1 amide bonds. The highest BCUT2D eigenvalue weighted by molar-refractivity contribution is 5.78. The Morgan fingerprint density at radius 3 is 3.11 bits per heavy atom. The molecule has 1 atom stereocenters. The fourth-order valence-corrected chi connectivity index (χ4v) is 2.02. The molecular formula is C12H20N4O2. The van der Waals surface area contributed by atoms with Crippen LogP contribution in [0.1, 0.15) is 44.4 Å². The van der Waals surface area contributed by atoms with E-state index in [0.29, 0.717) is 19.0 Å². The highest BCUT2D eigenvalue weighted by atomic mass is 16.5. The molecule has 6 nitrogen and oxygen atoms in total. The molecule has 1 aliphatic heterocycles. The molecule has 0 radical (unpaired) electrons. The molecule has 2 rings (SSSR count). The van der Waals surface area contributed by atoms with Gasteiger partial charge in [-0.2, -0.15) is 4.98 Å². The number of nitrogens with zero attached hydrogens (tertiary/aromatic N) is 3. The van der Waals surface area contributed by atoms with Gasteiger partial charge in [0.05, 0.1) is 12.6 Å². The lowest BCUT2D eigenvalue weighted by Gasteiger charge is -2.29. The molecule has 1 aromatic heterocycles. The average Bonchev–Trinajstić information content (AvgIpc) is 2.84.